The fraction of sp³-hybridized carbons (Fsp3) is 0.211. The molecule has 0 fully saturated rings. The number of nitrogens with zero attached hydrogens (tertiary/aromatic N) is 2. The fourth-order valence-corrected chi connectivity index (χ4v) is 4.11. The van der Waals surface area contributed by atoms with Crippen LogP contribution in [-0.2, 0) is 5.75 Å². The summed E-state index contributed by atoms with van der Waals surface area (Å²) in [5.41, 5.74) is 3.16. The molecule has 0 bridgehead atoms. The number of carbonyl (C=O) groups is 1. The van der Waals surface area contributed by atoms with E-state index < -0.39 is 0 Å². The number of ether oxygens (including phenoxy) is 1. The molecule has 26 heavy (non-hydrogen) atoms. The summed E-state index contributed by atoms with van der Waals surface area (Å²) in [6, 6.07) is 13.5. The Hall–Kier alpha value is -2.38. The first-order valence-electron chi connectivity index (χ1n) is 8.03. The Kier molecular flexibility index (Phi) is 5.90. The summed E-state index contributed by atoms with van der Waals surface area (Å²) in [5, 5.41) is 12.2. The summed E-state index contributed by atoms with van der Waals surface area (Å²) < 4.78 is 5.11. The first-order chi connectivity index (χ1) is 12.5. The molecule has 1 amide bonds. The molecular weight excluding hydrogens is 366 g/mol. The maximum absolute atomic E-state index is 12.3. The van der Waals surface area contributed by atoms with Crippen LogP contribution in [0.15, 0.2) is 47.4 Å². The zero-order valence-corrected chi connectivity index (χ0v) is 16.4. The van der Waals surface area contributed by atoms with Crippen molar-refractivity contribution in [2.75, 3.05) is 12.4 Å². The number of rotatable bonds is 6. The second-order valence-electron chi connectivity index (χ2n) is 5.74. The van der Waals surface area contributed by atoms with Gasteiger partial charge in [0.1, 0.15) is 10.8 Å². The smallest absolute Gasteiger partial charge is 0.286 e. The van der Waals surface area contributed by atoms with Crippen molar-refractivity contribution in [3.8, 4) is 5.75 Å². The van der Waals surface area contributed by atoms with E-state index in [9.17, 15) is 4.79 Å². The average Bonchev–Trinajstić information content (AvgIpc) is 3.12. The quantitative estimate of drug-likeness (QED) is 0.623. The Morgan fingerprint density at radius 1 is 1.15 bits per heavy atom. The highest BCUT2D eigenvalue weighted by Crippen LogP contribution is 2.28. The molecule has 1 N–H and O–H groups in total. The van der Waals surface area contributed by atoms with Gasteiger partial charge in [0.2, 0.25) is 5.01 Å². The lowest BCUT2D eigenvalue weighted by Gasteiger charge is -2.05. The molecule has 3 aromatic rings. The van der Waals surface area contributed by atoms with Crippen molar-refractivity contribution < 1.29 is 9.53 Å². The van der Waals surface area contributed by atoms with E-state index in [-0.39, 0.29) is 5.91 Å². The molecule has 0 atom stereocenters. The lowest BCUT2D eigenvalue weighted by Crippen LogP contribution is -2.11. The highest BCUT2D eigenvalue weighted by Gasteiger charge is 2.13. The first-order valence-corrected chi connectivity index (χ1v) is 9.83. The highest BCUT2D eigenvalue weighted by molar-refractivity contribution is 7.98. The first kappa shape index (κ1) is 18.4. The summed E-state index contributed by atoms with van der Waals surface area (Å²) >= 11 is 3.03. The number of hydrogen-bond acceptors (Lipinski definition) is 6. The predicted octanol–water partition coefficient (Wildman–Crippen LogP) is 4.71. The van der Waals surface area contributed by atoms with E-state index in [1.807, 2.05) is 0 Å². The molecule has 0 spiro atoms. The van der Waals surface area contributed by atoms with Crippen molar-refractivity contribution >= 4 is 34.7 Å². The van der Waals surface area contributed by atoms with Crippen LogP contribution in [0.25, 0.3) is 0 Å². The summed E-state index contributed by atoms with van der Waals surface area (Å²) in [5.74, 6) is 1.18. The van der Waals surface area contributed by atoms with E-state index in [0.29, 0.717) is 16.4 Å². The summed E-state index contributed by atoms with van der Waals surface area (Å²) in [4.78, 5) is 13.5. The van der Waals surface area contributed by atoms with Gasteiger partial charge in [-0.25, -0.2) is 0 Å². The Labute approximate surface area is 160 Å². The van der Waals surface area contributed by atoms with Crippen LogP contribution in [0.4, 0.5) is 5.69 Å². The number of aromatic nitrogens is 2. The van der Waals surface area contributed by atoms with Crippen LogP contribution < -0.4 is 10.1 Å². The van der Waals surface area contributed by atoms with E-state index in [1.54, 1.807) is 43.1 Å². The molecule has 0 unspecified atom stereocenters. The van der Waals surface area contributed by atoms with E-state index in [0.717, 1.165) is 10.8 Å². The Morgan fingerprint density at radius 3 is 2.65 bits per heavy atom. The number of hydrogen-bond donors (Lipinski definition) is 1. The topological polar surface area (TPSA) is 64.1 Å². The van der Waals surface area contributed by atoms with Gasteiger partial charge in [-0.15, -0.1) is 22.0 Å². The maximum Gasteiger partial charge on any atom is 0.286 e. The SMILES string of the molecule is COc1ccc(NC(=O)c2nnc(CSc3cc(C)ccc3C)s2)cc1. The van der Waals surface area contributed by atoms with Gasteiger partial charge in [-0.2, -0.15) is 0 Å². The monoisotopic (exact) mass is 385 g/mol. The maximum atomic E-state index is 12.3. The molecule has 7 heteroatoms. The predicted molar refractivity (Wildman–Crippen MR) is 106 cm³/mol. The van der Waals surface area contributed by atoms with Gasteiger partial charge in [-0.1, -0.05) is 29.0 Å². The molecule has 0 radical (unpaired) electrons. The summed E-state index contributed by atoms with van der Waals surface area (Å²) in [6.07, 6.45) is 0. The van der Waals surface area contributed by atoms with Crippen molar-refractivity contribution in [3.05, 3.63) is 63.6 Å². The van der Waals surface area contributed by atoms with Crippen LogP contribution in [0, 0.1) is 13.8 Å². The van der Waals surface area contributed by atoms with Crippen molar-refractivity contribution in [3.63, 3.8) is 0 Å². The number of methoxy groups -OCH3 is 1. The molecule has 0 aliphatic heterocycles. The molecular formula is C19H19N3O2S2. The van der Waals surface area contributed by atoms with Crippen LogP contribution in [0.3, 0.4) is 0 Å². The van der Waals surface area contributed by atoms with Gasteiger partial charge in [0, 0.05) is 10.6 Å². The summed E-state index contributed by atoms with van der Waals surface area (Å²) in [6.45, 7) is 4.17. The van der Waals surface area contributed by atoms with Crippen molar-refractivity contribution in [1.29, 1.82) is 0 Å². The van der Waals surface area contributed by atoms with Gasteiger partial charge in [-0.3, -0.25) is 4.79 Å². The lowest BCUT2D eigenvalue weighted by molar-refractivity contribution is 0.102. The molecule has 1 heterocycles. The van der Waals surface area contributed by atoms with Crippen molar-refractivity contribution in [1.82, 2.24) is 10.2 Å². The minimum absolute atomic E-state index is 0.254. The van der Waals surface area contributed by atoms with E-state index in [1.165, 1.54) is 27.4 Å². The molecule has 0 aliphatic carbocycles. The Balaban J connectivity index is 1.61. The second-order valence-corrected chi connectivity index (χ2v) is 7.82. The van der Waals surface area contributed by atoms with Crippen molar-refractivity contribution in [2.45, 2.75) is 24.5 Å². The molecule has 0 saturated carbocycles. The third-order valence-electron chi connectivity index (χ3n) is 3.70. The van der Waals surface area contributed by atoms with Gasteiger partial charge < -0.3 is 10.1 Å². The van der Waals surface area contributed by atoms with Crippen molar-refractivity contribution in [2.24, 2.45) is 0 Å². The highest BCUT2D eigenvalue weighted by atomic mass is 32.2. The third-order valence-corrected chi connectivity index (χ3v) is 5.98. The molecule has 0 saturated heterocycles. The largest absolute Gasteiger partial charge is 0.497 e. The number of amides is 1. The minimum Gasteiger partial charge on any atom is -0.497 e. The molecule has 0 aliphatic rings. The number of carbonyl (C=O) groups excluding carboxylic acids is 1. The van der Waals surface area contributed by atoms with Crippen LogP contribution in [0.5, 0.6) is 5.75 Å². The van der Waals surface area contributed by atoms with Gasteiger partial charge in [0.15, 0.2) is 0 Å². The summed E-state index contributed by atoms with van der Waals surface area (Å²) in [7, 11) is 1.60. The van der Waals surface area contributed by atoms with Gasteiger partial charge in [0.05, 0.1) is 12.9 Å². The molecule has 5 nitrogen and oxygen atoms in total. The minimum atomic E-state index is -0.254. The zero-order valence-electron chi connectivity index (χ0n) is 14.8. The molecule has 1 aromatic heterocycles. The molecule has 134 valence electrons. The fourth-order valence-electron chi connectivity index (χ4n) is 2.26. The molecule has 2 aromatic carbocycles. The average molecular weight is 386 g/mol. The zero-order chi connectivity index (χ0) is 18.5. The van der Waals surface area contributed by atoms with Crippen LogP contribution in [-0.4, -0.2) is 23.2 Å². The van der Waals surface area contributed by atoms with Gasteiger partial charge >= 0.3 is 0 Å². The van der Waals surface area contributed by atoms with Crippen LogP contribution in [0.2, 0.25) is 0 Å². The Bertz CT molecular complexity index is 907. The molecule has 3 rings (SSSR count). The number of thioether (sulfide) groups is 1. The van der Waals surface area contributed by atoms with E-state index >= 15 is 0 Å². The number of aryl methyl sites for hydroxylation is 2. The Morgan fingerprint density at radius 2 is 1.92 bits per heavy atom. The van der Waals surface area contributed by atoms with Gasteiger partial charge in [-0.05, 0) is 49.7 Å². The van der Waals surface area contributed by atoms with Crippen LogP contribution in [0.1, 0.15) is 25.9 Å². The standard InChI is InChI=1S/C19H19N3O2S2/c1-12-4-5-13(2)16(10-12)25-11-17-21-22-19(26-17)18(23)20-14-6-8-15(24-3)9-7-14/h4-10H,11H2,1-3H3,(H,20,23). The normalized spacial score (nSPS) is 10.6. The van der Waals surface area contributed by atoms with Gasteiger partial charge in [0.25, 0.3) is 5.91 Å². The number of anilines is 1. The third kappa shape index (κ3) is 4.62. The number of nitrogens with one attached hydrogen (secondary N) is 1. The lowest BCUT2D eigenvalue weighted by atomic mass is 10.2. The van der Waals surface area contributed by atoms with Crippen LogP contribution >= 0.6 is 23.1 Å². The second kappa shape index (κ2) is 8.33. The van der Waals surface area contributed by atoms with E-state index in [2.05, 4.69) is 47.6 Å². The van der Waals surface area contributed by atoms with E-state index in [4.69, 9.17) is 4.74 Å². The number of benzene rings is 2.